The molecule has 1 aliphatic carbocycles. The van der Waals surface area contributed by atoms with E-state index in [0.29, 0.717) is 59.1 Å². The van der Waals surface area contributed by atoms with Crippen molar-refractivity contribution in [2.45, 2.75) is 82.4 Å². The number of nitrogens with two attached hydrogens (primary N) is 1. The van der Waals surface area contributed by atoms with Crippen molar-refractivity contribution in [3.8, 4) is 11.8 Å². The van der Waals surface area contributed by atoms with Gasteiger partial charge in [-0.25, -0.2) is 0 Å². The van der Waals surface area contributed by atoms with Gasteiger partial charge < -0.3 is 25.2 Å². The third-order valence-electron chi connectivity index (χ3n) is 13.7. The van der Waals surface area contributed by atoms with Crippen molar-refractivity contribution in [3.05, 3.63) is 75.9 Å². The molecule has 15 nitrogen and oxygen atoms in total. The lowest BCUT2D eigenvalue weighted by molar-refractivity contribution is -0.155. The summed E-state index contributed by atoms with van der Waals surface area (Å²) < 4.78 is 6.12. The highest BCUT2D eigenvalue weighted by Gasteiger charge is 2.50. The molecule has 9 rings (SSSR count). The second-order valence-electron chi connectivity index (χ2n) is 17.4. The molecule has 1 saturated carbocycles. The zero-order chi connectivity index (χ0) is 41.7. The number of aromatic nitrogens is 2. The number of rotatable bonds is 9. The third-order valence-corrected chi connectivity index (χ3v) is 14.0. The van der Waals surface area contributed by atoms with Gasteiger partial charge in [-0.1, -0.05) is 11.6 Å². The first kappa shape index (κ1) is 39.8. The molecule has 6 aliphatic rings. The standard InChI is InChI=1S/C44H48ClN9O6/c45-35-22-32(5-1-28(35)23-46)60-31-6-2-29(3-7-31)53-39(55)12-10-37(43(53)59)54-41(57)33-8-4-30(21-34(33)42(54)58)52-25-44(26-52)15-19-50(20-16-44)24-27-13-17-51(18-14-27)38-11-9-36(40(47)56)48-49-38/h1,4-5,8-9,11,21-22,27,29,31,37H,2-3,6-7,10,12-20,24-26H2,(H2,47,56). The highest BCUT2D eigenvalue weighted by molar-refractivity contribution is 6.31. The second-order valence-corrected chi connectivity index (χ2v) is 17.8. The van der Waals surface area contributed by atoms with Gasteiger partial charge in [0.05, 0.1) is 27.8 Å². The monoisotopic (exact) mass is 833 g/mol. The van der Waals surface area contributed by atoms with E-state index in [1.54, 1.807) is 36.4 Å². The Morgan fingerprint density at radius 3 is 2.23 bits per heavy atom. The maximum Gasteiger partial charge on any atom is 0.269 e. The number of carbonyl (C=O) groups excluding carboxylic acids is 5. The SMILES string of the molecule is N#Cc1ccc(OC2CCC(N3C(=O)CCC(N4C(=O)c5ccc(N6CC7(CCN(CC8CCN(c9ccc(C(N)=O)nn9)CC8)CC7)C6)cc5C4=O)C3=O)CC2)cc1Cl. The minimum Gasteiger partial charge on any atom is -0.490 e. The Kier molecular flexibility index (Phi) is 10.7. The summed E-state index contributed by atoms with van der Waals surface area (Å²) in [7, 11) is 0. The zero-order valence-electron chi connectivity index (χ0n) is 33.4. The average Bonchev–Trinajstić information content (AvgIpc) is 3.49. The van der Waals surface area contributed by atoms with Crippen molar-refractivity contribution in [2.75, 3.05) is 55.6 Å². The van der Waals surface area contributed by atoms with Crippen LogP contribution in [-0.2, 0) is 9.59 Å². The topological polar surface area (TPSA) is 186 Å². The molecule has 60 heavy (non-hydrogen) atoms. The summed E-state index contributed by atoms with van der Waals surface area (Å²) in [4.78, 5) is 75.8. The number of likely N-dealkylation sites (tertiary alicyclic amines) is 2. The number of primary amides is 1. The van der Waals surface area contributed by atoms with Crippen LogP contribution in [0.3, 0.4) is 0 Å². The number of imide groups is 2. The van der Waals surface area contributed by atoms with Crippen LogP contribution < -0.4 is 20.3 Å². The summed E-state index contributed by atoms with van der Waals surface area (Å²) in [6, 6.07) is 14.5. The molecule has 1 aromatic heterocycles. The minimum atomic E-state index is -1.03. The van der Waals surface area contributed by atoms with Crippen molar-refractivity contribution < 1.29 is 28.7 Å². The van der Waals surface area contributed by atoms with E-state index in [1.165, 1.54) is 4.90 Å². The van der Waals surface area contributed by atoms with Gasteiger partial charge in [-0.3, -0.25) is 33.8 Å². The molecule has 6 heterocycles. The van der Waals surface area contributed by atoms with Crippen LogP contribution >= 0.6 is 11.6 Å². The molecule has 5 fully saturated rings. The normalized spacial score (nSPS) is 24.7. The highest BCUT2D eigenvalue weighted by Crippen LogP contribution is 2.44. The molecule has 1 unspecified atom stereocenters. The second kappa shape index (κ2) is 16.1. The molecule has 1 spiro atoms. The number of benzene rings is 2. The fourth-order valence-corrected chi connectivity index (χ4v) is 10.4. The van der Waals surface area contributed by atoms with Gasteiger partial charge in [0, 0.05) is 62.4 Å². The molecule has 1 atom stereocenters. The summed E-state index contributed by atoms with van der Waals surface area (Å²) in [5.41, 5.74) is 7.58. The van der Waals surface area contributed by atoms with Crippen molar-refractivity contribution in [2.24, 2.45) is 17.1 Å². The van der Waals surface area contributed by atoms with Crippen molar-refractivity contribution in [1.29, 1.82) is 5.26 Å². The summed E-state index contributed by atoms with van der Waals surface area (Å²) in [6.45, 7) is 6.79. The van der Waals surface area contributed by atoms with Gasteiger partial charge in [0.15, 0.2) is 11.5 Å². The number of nitriles is 1. The van der Waals surface area contributed by atoms with E-state index in [1.807, 2.05) is 18.2 Å². The molecule has 16 heteroatoms. The van der Waals surface area contributed by atoms with Crippen LogP contribution in [0.5, 0.6) is 5.75 Å². The Bertz CT molecular complexity index is 2250. The van der Waals surface area contributed by atoms with Crippen LogP contribution in [0.4, 0.5) is 11.5 Å². The Balaban J connectivity index is 0.756. The van der Waals surface area contributed by atoms with E-state index >= 15 is 0 Å². The molecule has 3 aromatic rings. The lowest BCUT2D eigenvalue weighted by Crippen LogP contribution is -2.60. The van der Waals surface area contributed by atoms with Gasteiger partial charge in [-0.05, 0) is 119 Å². The lowest BCUT2D eigenvalue weighted by atomic mass is 9.71. The van der Waals surface area contributed by atoms with E-state index in [2.05, 4.69) is 24.9 Å². The molecule has 2 aromatic carbocycles. The Morgan fingerprint density at radius 1 is 0.833 bits per heavy atom. The first-order chi connectivity index (χ1) is 29.0. The number of nitrogens with zero attached hydrogens (tertiary/aromatic N) is 8. The van der Waals surface area contributed by atoms with E-state index in [4.69, 9.17) is 27.3 Å². The van der Waals surface area contributed by atoms with Crippen LogP contribution in [-0.4, -0.2) is 118 Å². The van der Waals surface area contributed by atoms with Crippen LogP contribution in [0, 0.1) is 22.7 Å². The number of piperidine rings is 3. The maximum atomic E-state index is 14.0. The molecule has 312 valence electrons. The van der Waals surface area contributed by atoms with Crippen molar-refractivity contribution in [1.82, 2.24) is 24.9 Å². The fourth-order valence-electron chi connectivity index (χ4n) is 10.2. The summed E-state index contributed by atoms with van der Waals surface area (Å²) in [5, 5.41) is 17.6. The molecular weight excluding hydrogens is 786 g/mol. The summed E-state index contributed by atoms with van der Waals surface area (Å²) in [5.74, 6) is -0.365. The first-order valence-corrected chi connectivity index (χ1v) is 21.5. The minimum absolute atomic E-state index is 0.0765. The van der Waals surface area contributed by atoms with Crippen LogP contribution in [0.15, 0.2) is 48.5 Å². The molecular formula is C44H48ClN9O6. The maximum absolute atomic E-state index is 14.0. The summed E-state index contributed by atoms with van der Waals surface area (Å²) in [6.07, 6.45) is 6.70. The quantitative estimate of drug-likeness (QED) is 0.300. The zero-order valence-corrected chi connectivity index (χ0v) is 34.2. The molecule has 5 amide bonds. The predicted molar refractivity (Wildman–Crippen MR) is 220 cm³/mol. The third kappa shape index (κ3) is 7.55. The number of anilines is 2. The van der Waals surface area contributed by atoms with Crippen molar-refractivity contribution in [3.63, 3.8) is 0 Å². The van der Waals surface area contributed by atoms with E-state index in [0.717, 1.165) is 87.9 Å². The van der Waals surface area contributed by atoms with Gasteiger partial charge in [-0.15, -0.1) is 10.2 Å². The molecule has 2 N–H and O–H groups in total. The predicted octanol–water partition coefficient (Wildman–Crippen LogP) is 4.42. The highest BCUT2D eigenvalue weighted by atomic mass is 35.5. The van der Waals surface area contributed by atoms with Crippen molar-refractivity contribution >= 4 is 52.6 Å². The molecule has 5 aliphatic heterocycles. The molecule has 4 saturated heterocycles. The van der Waals surface area contributed by atoms with Crippen LogP contribution in [0.2, 0.25) is 5.02 Å². The number of hydrogen-bond donors (Lipinski definition) is 1. The first-order valence-electron chi connectivity index (χ1n) is 21.1. The van der Waals surface area contributed by atoms with E-state index in [-0.39, 0.29) is 42.0 Å². The molecule has 0 bridgehead atoms. The molecule has 0 radical (unpaired) electrons. The van der Waals surface area contributed by atoms with Gasteiger partial charge in [0.1, 0.15) is 17.9 Å². The number of fused-ring (bicyclic) bond motifs is 1. The number of hydrogen-bond acceptors (Lipinski definition) is 12. The Labute approximate surface area is 353 Å². The number of amides is 5. The van der Waals surface area contributed by atoms with Gasteiger partial charge >= 0.3 is 0 Å². The van der Waals surface area contributed by atoms with E-state index in [9.17, 15) is 24.0 Å². The van der Waals surface area contributed by atoms with E-state index < -0.39 is 29.7 Å². The largest absolute Gasteiger partial charge is 0.490 e. The van der Waals surface area contributed by atoms with Gasteiger partial charge in [0.2, 0.25) is 5.91 Å². The van der Waals surface area contributed by atoms with Crippen LogP contribution in [0.25, 0.3) is 0 Å². The fraction of sp³-hybridized carbons (Fsp3) is 0.500. The smallest absolute Gasteiger partial charge is 0.269 e. The number of ether oxygens (including phenoxy) is 1. The lowest BCUT2D eigenvalue weighted by Gasteiger charge is -2.55. The van der Waals surface area contributed by atoms with Gasteiger partial charge in [-0.2, -0.15) is 5.26 Å². The number of halogens is 1. The average molecular weight is 834 g/mol. The Hall–Kier alpha value is -5.59. The summed E-state index contributed by atoms with van der Waals surface area (Å²) >= 11 is 6.18. The number of carbonyl (C=O) groups is 5. The van der Waals surface area contributed by atoms with Crippen LogP contribution in [0.1, 0.15) is 101 Å². The van der Waals surface area contributed by atoms with Gasteiger partial charge in [0.25, 0.3) is 23.6 Å². The Morgan fingerprint density at radius 2 is 1.57 bits per heavy atom.